The molecule has 0 saturated heterocycles. The Kier molecular flexibility index (Phi) is 3.36. The summed E-state index contributed by atoms with van der Waals surface area (Å²) in [6.07, 6.45) is 0. The Morgan fingerprint density at radius 3 is 2.55 bits per heavy atom. The molecule has 0 aliphatic rings. The Bertz CT molecular complexity index is 882. The molecular weight excluding hydrogens is 278 g/mol. The van der Waals surface area contributed by atoms with Crippen LogP contribution in [0.3, 0.4) is 0 Å². The van der Waals surface area contributed by atoms with Crippen molar-refractivity contribution in [3.8, 4) is 0 Å². The van der Waals surface area contributed by atoms with E-state index in [-0.39, 0.29) is 11.7 Å². The third-order valence-corrected chi connectivity index (χ3v) is 3.59. The number of amides is 1. The maximum Gasteiger partial charge on any atom is 0.295 e. The molecule has 0 bridgehead atoms. The van der Waals surface area contributed by atoms with E-state index in [1.165, 1.54) is 5.56 Å². The maximum absolute atomic E-state index is 12.3. The van der Waals surface area contributed by atoms with E-state index in [2.05, 4.69) is 20.4 Å². The smallest absolute Gasteiger partial charge is 0.295 e. The summed E-state index contributed by atoms with van der Waals surface area (Å²) in [6, 6.07) is 7.66. The van der Waals surface area contributed by atoms with E-state index in [0.717, 1.165) is 22.6 Å². The van der Waals surface area contributed by atoms with Crippen molar-refractivity contribution >= 4 is 17.4 Å². The van der Waals surface area contributed by atoms with Gasteiger partial charge in [-0.15, -0.1) is 5.10 Å². The minimum absolute atomic E-state index is 0.111. The summed E-state index contributed by atoms with van der Waals surface area (Å²) >= 11 is 0. The molecule has 0 atom stereocenters. The van der Waals surface area contributed by atoms with Crippen LogP contribution < -0.4 is 5.32 Å². The van der Waals surface area contributed by atoms with Gasteiger partial charge in [-0.2, -0.15) is 4.98 Å². The summed E-state index contributed by atoms with van der Waals surface area (Å²) in [5, 5.41) is 7.04. The zero-order chi connectivity index (χ0) is 15.9. The Hall–Kier alpha value is -2.76. The van der Waals surface area contributed by atoms with Crippen LogP contribution in [0.5, 0.6) is 0 Å². The monoisotopic (exact) mass is 295 g/mol. The molecule has 0 aliphatic carbocycles. The highest BCUT2D eigenvalue weighted by atomic mass is 16.2. The summed E-state index contributed by atoms with van der Waals surface area (Å²) in [5.74, 6) is 0.202. The topological polar surface area (TPSA) is 72.2 Å². The molecule has 2 aromatic heterocycles. The number of nitrogens with one attached hydrogen (secondary N) is 1. The van der Waals surface area contributed by atoms with Crippen molar-refractivity contribution in [3.63, 3.8) is 0 Å². The van der Waals surface area contributed by atoms with E-state index < -0.39 is 0 Å². The summed E-state index contributed by atoms with van der Waals surface area (Å²) in [7, 11) is 0. The Labute approximate surface area is 128 Å². The zero-order valence-electron chi connectivity index (χ0n) is 13.0. The van der Waals surface area contributed by atoms with Crippen molar-refractivity contribution in [3.05, 3.63) is 52.6 Å². The van der Waals surface area contributed by atoms with Gasteiger partial charge in [-0.3, -0.25) is 4.79 Å². The normalized spacial score (nSPS) is 10.9. The number of rotatable bonds is 2. The maximum atomic E-state index is 12.3. The predicted octanol–water partition coefficient (Wildman–Crippen LogP) is 2.61. The highest BCUT2D eigenvalue weighted by Crippen LogP contribution is 2.15. The van der Waals surface area contributed by atoms with Crippen LogP contribution in [0, 0.1) is 27.7 Å². The molecule has 1 aromatic carbocycles. The van der Waals surface area contributed by atoms with Crippen LogP contribution in [-0.2, 0) is 0 Å². The Morgan fingerprint density at radius 2 is 1.82 bits per heavy atom. The minimum Gasteiger partial charge on any atom is -0.319 e. The number of benzene rings is 1. The minimum atomic E-state index is -0.342. The largest absolute Gasteiger partial charge is 0.319 e. The van der Waals surface area contributed by atoms with Gasteiger partial charge in [0.25, 0.3) is 11.7 Å². The summed E-state index contributed by atoms with van der Waals surface area (Å²) in [5.41, 5.74) is 4.76. The Morgan fingerprint density at radius 1 is 1.05 bits per heavy atom. The summed E-state index contributed by atoms with van der Waals surface area (Å²) in [6.45, 7) is 7.82. The highest BCUT2D eigenvalue weighted by molar-refractivity contribution is 6.01. The van der Waals surface area contributed by atoms with Gasteiger partial charge in [0, 0.05) is 17.1 Å². The molecule has 0 fully saturated rings. The molecule has 0 radical (unpaired) electrons. The Balaban J connectivity index is 1.91. The van der Waals surface area contributed by atoms with Crippen LogP contribution >= 0.6 is 0 Å². The van der Waals surface area contributed by atoms with E-state index in [0.29, 0.717) is 5.78 Å². The molecule has 0 saturated carbocycles. The van der Waals surface area contributed by atoms with Gasteiger partial charge < -0.3 is 5.32 Å². The molecule has 0 spiro atoms. The standard InChI is InChI=1S/C16H17N5O/c1-9-5-6-13(7-10(9)2)18-15(22)14-19-16-17-11(3)8-12(4)21(16)20-14/h5-8H,1-4H3,(H,18,22). The fourth-order valence-corrected chi connectivity index (χ4v) is 2.27. The molecule has 6 nitrogen and oxygen atoms in total. The SMILES string of the molecule is Cc1cc(C)n2nc(C(=O)Nc3ccc(C)c(C)c3)nc2n1. The molecule has 3 aromatic rings. The zero-order valence-corrected chi connectivity index (χ0v) is 13.0. The molecular formula is C16H17N5O. The van der Waals surface area contributed by atoms with Crippen molar-refractivity contribution in [1.29, 1.82) is 0 Å². The van der Waals surface area contributed by atoms with E-state index in [9.17, 15) is 4.79 Å². The summed E-state index contributed by atoms with van der Waals surface area (Å²) in [4.78, 5) is 20.8. The molecule has 3 rings (SSSR count). The first-order valence-electron chi connectivity index (χ1n) is 7.03. The lowest BCUT2D eigenvalue weighted by atomic mass is 10.1. The number of anilines is 1. The average molecular weight is 295 g/mol. The van der Waals surface area contributed by atoms with Crippen molar-refractivity contribution < 1.29 is 4.79 Å². The lowest BCUT2D eigenvalue weighted by Gasteiger charge is -2.05. The van der Waals surface area contributed by atoms with E-state index >= 15 is 0 Å². The van der Waals surface area contributed by atoms with Crippen LogP contribution in [0.25, 0.3) is 5.78 Å². The van der Waals surface area contributed by atoms with Crippen molar-refractivity contribution in [2.75, 3.05) is 5.32 Å². The number of aromatic nitrogens is 4. The van der Waals surface area contributed by atoms with Gasteiger partial charge in [0.1, 0.15) is 0 Å². The summed E-state index contributed by atoms with van der Waals surface area (Å²) < 4.78 is 1.57. The molecule has 2 heterocycles. The van der Waals surface area contributed by atoms with Crippen molar-refractivity contribution in [2.45, 2.75) is 27.7 Å². The van der Waals surface area contributed by atoms with Gasteiger partial charge in [-0.05, 0) is 57.0 Å². The van der Waals surface area contributed by atoms with Crippen LogP contribution in [-0.4, -0.2) is 25.5 Å². The molecule has 1 amide bonds. The molecule has 0 aliphatic heterocycles. The van der Waals surface area contributed by atoms with Crippen LogP contribution in [0.4, 0.5) is 5.69 Å². The number of carbonyl (C=O) groups excluding carboxylic acids is 1. The quantitative estimate of drug-likeness (QED) is 0.788. The third kappa shape index (κ3) is 2.55. The first-order valence-corrected chi connectivity index (χ1v) is 7.03. The van der Waals surface area contributed by atoms with Gasteiger partial charge in [0.2, 0.25) is 5.82 Å². The van der Waals surface area contributed by atoms with Crippen LogP contribution in [0.1, 0.15) is 33.1 Å². The fourth-order valence-electron chi connectivity index (χ4n) is 2.27. The van der Waals surface area contributed by atoms with Gasteiger partial charge in [-0.25, -0.2) is 9.50 Å². The first-order chi connectivity index (χ1) is 10.4. The molecule has 22 heavy (non-hydrogen) atoms. The number of hydrogen-bond donors (Lipinski definition) is 1. The third-order valence-electron chi connectivity index (χ3n) is 3.59. The van der Waals surface area contributed by atoms with E-state index in [4.69, 9.17) is 0 Å². The lowest BCUT2D eigenvalue weighted by molar-refractivity contribution is 0.101. The predicted molar refractivity (Wildman–Crippen MR) is 84.1 cm³/mol. The fraction of sp³-hybridized carbons (Fsp3) is 0.250. The average Bonchev–Trinajstić information content (AvgIpc) is 2.87. The number of hydrogen-bond acceptors (Lipinski definition) is 4. The van der Waals surface area contributed by atoms with Crippen molar-refractivity contribution in [2.24, 2.45) is 0 Å². The second-order valence-corrected chi connectivity index (χ2v) is 5.44. The van der Waals surface area contributed by atoms with Gasteiger partial charge in [-0.1, -0.05) is 6.07 Å². The lowest BCUT2D eigenvalue weighted by Crippen LogP contribution is -2.14. The highest BCUT2D eigenvalue weighted by Gasteiger charge is 2.15. The van der Waals surface area contributed by atoms with Crippen LogP contribution in [0.2, 0.25) is 0 Å². The van der Waals surface area contributed by atoms with Gasteiger partial charge in [0.15, 0.2) is 0 Å². The molecule has 112 valence electrons. The first kappa shape index (κ1) is 14.2. The van der Waals surface area contributed by atoms with E-state index in [1.54, 1.807) is 4.52 Å². The van der Waals surface area contributed by atoms with Crippen LogP contribution in [0.15, 0.2) is 24.3 Å². The van der Waals surface area contributed by atoms with Gasteiger partial charge >= 0.3 is 0 Å². The van der Waals surface area contributed by atoms with Gasteiger partial charge in [0.05, 0.1) is 0 Å². The second kappa shape index (κ2) is 5.22. The van der Waals surface area contributed by atoms with Crippen molar-refractivity contribution in [1.82, 2.24) is 19.6 Å². The number of nitrogens with zero attached hydrogens (tertiary/aromatic N) is 4. The molecule has 0 unspecified atom stereocenters. The molecule has 1 N–H and O–H groups in total. The number of fused-ring (bicyclic) bond motifs is 1. The van der Waals surface area contributed by atoms with E-state index in [1.807, 2.05) is 52.0 Å². The number of aryl methyl sites for hydroxylation is 4. The molecule has 6 heteroatoms. The number of carbonyl (C=O) groups is 1. The second-order valence-electron chi connectivity index (χ2n) is 5.44.